The highest BCUT2D eigenvalue weighted by molar-refractivity contribution is 7.10. The predicted octanol–water partition coefficient (Wildman–Crippen LogP) is 5.10. The van der Waals surface area contributed by atoms with E-state index in [9.17, 15) is 5.11 Å². The van der Waals surface area contributed by atoms with E-state index in [0.717, 1.165) is 80.2 Å². The number of ether oxygens (including phenoxy) is 1. The Balaban J connectivity index is 1.75. The molecule has 6 heteroatoms. The van der Waals surface area contributed by atoms with Crippen molar-refractivity contribution >= 4 is 16.9 Å². The summed E-state index contributed by atoms with van der Waals surface area (Å²) in [5.74, 6) is 0.336. The minimum absolute atomic E-state index is 0.0383. The van der Waals surface area contributed by atoms with Gasteiger partial charge in [0.2, 0.25) is 0 Å². The normalized spacial score (nSPS) is 20.4. The van der Waals surface area contributed by atoms with Gasteiger partial charge in [0.1, 0.15) is 10.8 Å². The van der Waals surface area contributed by atoms with Gasteiger partial charge < -0.3 is 14.7 Å². The van der Waals surface area contributed by atoms with E-state index in [1.807, 2.05) is 13.0 Å². The van der Waals surface area contributed by atoms with Crippen LogP contribution in [0.2, 0.25) is 0 Å². The summed E-state index contributed by atoms with van der Waals surface area (Å²) in [7, 11) is 2.20. The van der Waals surface area contributed by atoms with E-state index >= 15 is 0 Å². The lowest BCUT2D eigenvalue weighted by Gasteiger charge is -2.48. The highest BCUT2D eigenvalue weighted by atomic mass is 32.1. The smallest absolute Gasteiger partial charge is 0.126 e. The number of rotatable bonds is 4. The van der Waals surface area contributed by atoms with Gasteiger partial charge in [-0.25, -0.2) is 4.98 Å². The number of benzene rings is 1. The topological polar surface area (TPSA) is 48.8 Å². The van der Waals surface area contributed by atoms with E-state index in [4.69, 9.17) is 9.72 Å². The molecule has 0 atom stereocenters. The number of phenols is 1. The molecule has 0 bridgehead atoms. The Morgan fingerprint density at radius 1 is 1.16 bits per heavy atom. The number of phenolic OH excluding ortho intramolecular Hbond substituents is 1. The Labute approximate surface area is 196 Å². The molecule has 1 aromatic heterocycles. The van der Waals surface area contributed by atoms with Gasteiger partial charge in [0.05, 0.1) is 11.2 Å². The van der Waals surface area contributed by atoms with Crippen LogP contribution < -0.4 is 0 Å². The summed E-state index contributed by atoms with van der Waals surface area (Å²) >= 11 is 1.77. The Hall–Kier alpha value is -1.73. The van der Waals surface area contributed by atoms with E-state index in [1.54, 1.807) is 11.3 Å². The molecule has 2 aliphatic heterocycles. The summed E-state index contributed by atoms with van der Waals surface area (Å²) in [6.45, 7) is 18.3. The Morgan fingerprint density at radius 3 is 2.41 bits per heavy atom. The molecular weight excluding hydrogens is 418 g/mol. The maximum Gasteiger partial charge on any atom is 0.126 e. The number of nitrogens with zero attached hydrogens (tertiary/aromatic N) is 3. The van der Waals surface area contributed by atoms with Gasteiger partial charge in [-0.1, -0.05) is 27.4 Å². The summed E-state index contributed by atoms with van der Waals surface area (Å²) in [5.41, 5.74) is 4.42. The zero-order valence-electron chi connectivity index (χ0n) is 20.2. The molecule has 0 aliphatic carbocycles. The number of thiazole rings is 1. The second kappa shape index (κ2) is 8.90. The molecule has 1 aromatic carbocycles. The first-order chi connectivity index (χ1) is 15.1. The molecule has 32 heavy (non-hydrogen) atoms. The summed E-state index contributed by atoms with van der Waals surface area (Å²) in [5, 5.41) is 14.3. The van der Waals surface area contributed by atoms with Crippen LogP contribution in [-0.4, -0.2) is 66.3 Å². The second-order valence-electron chi connectivity index (χ2n) is 10.4. The van der Waals surface area contributed by atoms with Crippen LogP contribution in [0.5, 0.6) is 5.75 Å². The van der Waals surface area contributed by atoms with Crippen LogP contribution in [0.15, 0.2) is 24.1 Å². The maximum atomic E-state index is 10.9. The molecule has 2 aliphatic rings. The lowest BCUT2D eigenvalue weighted by molar-refractivity contribution is -0.0485. The molecule has 0 unspecified atom stereocenters. The predicted molar refractivity (Wildman–Crippen MR) is 133 cm³/mol. The van der Waals surface area contributed by atoms with Crippen LogP contribution in [0.1, 0.15) is 56.7 Å². The molecule has 2 fully saturated rings. The monoisotopic (exact) mass is 455 g/mol. The van der Waals surface area contributed by atoms with Crippen molar-refractivity contribution in [2.75, 3.05) is 46.4 Å². The molecule has 0 radical (unpaired) electrons. The van der Waals surface area contributed by atoms with E-state index in [2.05, 4.69) is 55.6 Å². The van der Waals surface area contributed by atoms with Crippen LogP contribution in [-0.2, 0) is 15.7 Å². The Bertz CT molecular complexity index is 977. The van der Waals surface area contributed by atoms with Crippen LogP contribution in [0.25, 0.3) is 16.8 Å². The van der Waals surface area contributed by atoms with Gasteiger partial charge >= 0.3 is 0 Å². The molecule has 0 spiro atoms. The summed E-state index contributed by atoms with van der Waals surface area (Å²) in [6, 6.07) is 4.14. The minimum atomic E-state index is -0.176. The summed E-state index contributed by atoms with van der Waals surface area (Å²) < 4.78 is 5.76. The van der Waals surface area contributed by atoms with Crippen molar-refractivity contribution in [2.45, 2.75) is 51.5 Å². The third-order valence-corrected chi connectivity index (χ3v) is 8.04. The lowest BCUT2D eigenvalue weighted by Crippen LogP contribution is -2.56. The average Bonchev–Trinajstić information content (AvgIpc) is 3.25. The molecule has 1 N–H and O–H groups in total. The Morgan fingerprint density at radius 2 is 1.81 bits per heavy atom. The molecule has 174 valence electrons. The molecular formula is C26H37N3O2S. The molecule has 4 rings (SSSR count). The van der Waals surface area contributed by atoms with Gasteiger partial charge in [-0.3, -0.25) is 4.90 Å². The highest BCUT2D eigenvalue weighted by Gasteiger charge is 2.43. The number of likely N-dealkylation sites (N-methyl/N-ethyl adjacent to an activating group) is 1. The molecule has 5 nitrogen and oxygen atoms in total. The second-order valence-corrected chi connectivity index (χ2v) is 11.3. The van der Waals surface area contributed by atoms with Crippen LogP contribution >= 0.6 is 11.3 Å². The first-order valence-electron chi connectivity index (χ1n) is 11.6. The van der Waals surface area contributed by atoms with Crippen molar-refractivity contribution in [3.05, 3.63) is 40.2 Å². The van der Waals surface area contributed by atoms with Crippen LogP contribution in [0.4, 0.5) is 0 Å². The van der Waals surface area contributed by atoms with Gasteiger partial charge in [-0.05, 0) is 49.9 Å². The number of piperazine rings is 1. The number of allylic oxidation sites excluding steroid dienone is 1. The van der Waals surface area contributed by atoms with Crippen LogP contribution in [0, 0.1) is 0 Å². The molecule has 2 saturated heterocycles. The summed E-state index contributed by atoms with van der Waals surface area (Å²) in [4.78, 5) is 10.3. The fraction of sp³-hybridized carbons (Fsp3) is 0.577. The first-order valence-corrected chi connectivity index (χ1v) is 12.5. The number of hydrogen-bond acceptors (Lipinski definition) is 6. The van der Waals surface area contributed by atoms with Gasteiger partial charge in [-0.15, -0.1) is 11.3 Å². The van der Waals surface area contributed by atoms with Gasteiger partial charge in [-0.2, -0.15) is 0 Å². The largest absolute Gasteiger partial charge is 0.507 e. The standard InChI is InChI=1S/C26H37N3O2S/c1-18(2)20-15-19(16-21(23(20)30)25(3,4)5)22-17-32-24(27-22)26(7-13-31-14-8-26)29-11-9-28(6)10-12-29/h15-17,30H,1,7-14H2,2-6H3. The third kappa shape index (κ3) is 4.38. The zero-order valence-corrected chi connectivity index (χ0v) is 21.0. The lowest BCUT2D eigenvalue weighted by atomic mass is 9.83. The quantitative estimate of drug-likeness (QED) is 0.695. The molecule has 2 aromatic rings. The van der Waals surface area contributed by atoms with Crippen molar-refractivity contribution < 1.29 is 9.84 Å². The molecule has 3 heterocycles. The fourth-order valence-corrected chi connectivity index (χ4v) is 6.02. The third-order valence-electron chi connectivity index (χ3n) is 7.00. The van der Waals surface area contributed by atoms with Gasteiger partial charge in [0.15, 0.2) is 0 Å². The van der Waals surface area contributed by atoms with Crippen molar-refractivity contribution in [3.8, 4) is 17.0 Å². The van der Waals surface area contributed by atoms with Crippen molar-refractivity contribution in [2.24, 2.45) is 0 Å². The fourth-order valence-electron chi connectivity index (χ4n) is 4.91. The number of hydrogen-bond donors (Lipinski definition) is 1. The van der Waals surface area contributed by atoms with E-state index in [-0.39, 0.29) is 11.0 Å². The van der Waals surface area contributed by atoms with Gasteiger partial charge in [0, 0.05) is 61.5 Å². The van der Waals surface area contributed by atoms with Crippen molar-refractivity contribution in [1.82, 2.24) is 14.8 Å². The Kier molecular flexibility index (Phi) is 6.52. The van der Waals surface area contributed by atoms with Crippen LogP contribution in [0.3, 0.4) is 0 Å². The number of aromatic hydroxyl groups is 1. The van der Waals surface area contributed by atoms with E-state index < -0.39 is 0 Å². The van der Waals surface area contributed by atoms with Gasteiger partial charge in [0.25, 0.3) is 0 Å². The van der Waals surface area contributed by atoms with Crippen molar-refractivity contribution in [3.63, 3.8) is 0 Å². The average molecular weight is 456 g/mol. The van der Waals surface area contributed by atoms with Crippen molar-refractivity contribution in [1.29, 1.82) is 0 Å². The minimum Gasteiger partial charge on any atom is -0.507 e. The van der Waals surface area contributed by atoms with E-state index in [1.165, 1.54) is 5.01 Å². The molecule has 0 amide bonds. The highest BCUT2D eigenvalue weighted by Crippen LogP contribution is 2.43. The number of aromatic nitrogens is 1. The summed E-state index contributed by atoms with van der Waals surface area (Å²) in [6.07, 6.45) is 1.98. The van der Waals surface area contributed by atoms with E-state index in [0.29, 0.717) is 5.75 Å². The first kappa shape index (κ1) is 23.4. The zero-order chi connectivity index (χ0) is 23.1. The maximum absolute atomic E-state index is 10.9. The molecule has 0 saturated carbocycles. The SMILES string of the molecule is C=C(C)c1cc(-c2csc(C3(N4CCN(C)CC4)CCOCC3)n2)cc(C(C)(C)C)c1O.